The third-order valence-corrected chi connectivity index (χ3v) is 3.17. The smallest absolute Gasteiger partial charge is 0.326 e. The molecule has 0 aromatic carbocycles. The van der Waals surface area contributed by atoms with Crippen molar-refractivity contribution in [3.8, 4) is 0 Å². The number of aliphatic carboxylic acids is 1. The maximum atomic E-state index is 12.1. The van der Waals surface area contributed by atoms with Crippen molar-refractivity contribution in [2.75, 3.05) is 6.54 Å². The lowest BCUT2D eigenvalue weighted by Gasteiger charge is -2.20. The third-order valence-electron chi connectivity index (χ3n) is 2.73. The van der Waals surface area contributed by atoms with Crippen LogP contribution in [0.3, 0.4) is 0 Å². The number of amides is 1. The number of rotatable bonds is 2. The fourth-order valence-corrected chi connectivity index (χ4v) is 2.28. The molecule has 0 spiro atoms. The lowest BCUT2D eigenvalue weighted by molar-refractivity contribution is -0.141. The predicted octanol–water partition coefficient (Wildman–Crippen LogP) is 1.53. The van der Waals surface area contributed by atoms with Crippen LogP contribution < -0.4 is 0 Å². The second kappa shape index (κ2) is 4.83. The topological polar surface area (TPSA) is 70.5 Å². The monoisotopic (exact) mass is 298 g/mol. The predicted molar refractivity (Wildman–Crippen MR) is 63.6 cm³/mol. The Morgan fingerprint density at radius 2 is 2.24 bits per heavy atom. The first-order valence-electron chi connectivity index (χ1n) is 5.26. The Hall–Kier alpha value is -1.43. The highest BCUT2D eigenvalue weighted by Crippen LogP contribution is 2.20. The molecule has 1 aromatic heterocycles. The van der Waals surface area contributed by atoms with Crippen LogP contribution in [0.15, 0.2) is 22.8 Å². The Morgan fingerprint density at radius 1 is 1.47 bits per heavy atom. The number of halogens is 1. The van der Waals surface area contributed by atoms with Crippen LogP contribution in [0.2, 0.25) is 0 Å². The van der Waals surface area contributed by atoms with Crippen LogP contribution in [0.25, 0.3) is 0 Å². The first-order chi connectivity index (χ1) is 8.09. The molecule has 0 saturated carbocycles. The van der Waals surface area contributed by atoms with Gasteiger partial charge in [0.2, 0.25) is 0 Å². The van der Waals surface area contributed by atoms with Crippen molar-refractivity contribution in [3.63, 3.8) is 0 Å². The molecule has 1 unspecified atom stereocenters. The average Bonchev–Trinajstić information content (AvgIpc) is 2.77. The van der Waals surface area contributed by atoms with Crippen LogP contribution in [0, 0.1) is 0 Å². The summed E-state index contributed by atoms with van der Waals surface area (Å²) in [5.74, 6) is -1.28. The van der Waals surface area contributed by atoms with Gasteiger partial charge in [-0.15, -0.1) is 0 Å². The van der Waals surface area contributed by atoms with Crippen LogP contribution in [-0.4, -0.2) is 39.5 Å². The van der Waals surface area contributed by atoms with E-state index in [0.717, 1.165) is 6.42 Å². The molecule has 5 nitrogen and oxygen atoms in total. The lowest BCUT2D eigenvalue weighted by Crippen LogP contribution is -2.40. The number of hydrogen-bond donors (Lipinski definition) is 1. The van der Waals surface area contributed by atoms with Crippen molar-refractivity contribution >= 4 is 27.8 Å². The lowest BCUT2D eigenvalue weighted by atomic mass is 10.2. The van der Waals surface area contributed by atoms with E-state index >= 15 is 0 Å². The molecule has 1 fully saturated rings. The van der Waals surface area contributed by atoms with Crippen LogP contribution >= 0.6 is 15.9 Å². The molecular formula is C11H11BrN2O3. The normalized spacial score (nSPS) is 19.4. The number of carbonyl (C=O) groups is 2. The number of hydrogen-bond acceptors (Lipinski definition) is 3. The van der Waals surface area contributed by atoms with Crippen LogP contribution in [0.5, 0.6) is 0 Å². The Labute approximate surface area is 107 Å². The van der Waals surface area contributed by atoms with Gasteiger partial charge in [-0.05, 0) is 40.9 Å². The maximum Gasteiger partial charge on any atom is 0.326 e. The number of carboxylic acids is 1. The van der Waals surface area contributed by atoms with Gasteiger partial charge >= 0.3 is 5.97 Å². The van der Waals surface area contributed by atoms with Crippen molar-refractivity contribution < 1.29 is 14.7 Å². The van der Waals surface area contributed by atoms with E-state index in [-0.39, 0.29) is 11.6 Å². The number of carbonyl (C=O) groups excluding carboxylic acids is 1. The van der Waals surface area contributed by atoms with E-state index in [1.807, 2.05) is 0 Å². The SMILES string of the molecule is O=C(O)C1CCCN1C(=O)c1cccc(Br)n1. The van der Waals surface area contributed by atoms with Crippen molar-refractivity contribution in [2.45, 2.75) is 18.9 Å². The number of likely N-dealkylation sites (tertiary alicyclic amines) is 1. The zero-order chi connectivity index (χ0) is 12.4. The Morgan fingerprint density at radius 3 is 2.88 bits per heavy atom. The Bertz CT molecular complexity index is 464. The molecule has 1 saturated heterocycles. The quantitative estimate of drug-likeness (QED) is 0.841. The molecular weight excluding hydrogens is 288 g/mol. The van der Waals surface area contributed by atoms with Gasteiger partial charge in [0.05, 0.1) is 0 Å². The van der Waals surface area contributed by atoms with Crippen molar-refractivity contribution in [1.82, 2.24) is 9.88 Å². The zero-order valence-corrected chi connectivity index (χ0v) is 10.6. The van der Waals surface area contributed by atoms with Gasteiger partial charge in [-0.1, -0.05) is 6.07 Å². The van der Waals surface area contributed by atoms with Gasteiger partial charge in [0.25, 0.3) is 5.91 Å². The minimum atomic E-state index is -0.953. The second-order valence-electron chi connectivity index (χ2n) is 3.84. The van der Waals surface area contributed by atoms with E-state index in [1.165, 1.54) is 4.90 Å². The highest BCUT2D eigenvalue weighted by molar-refractivity contribution is 9.10. The van der Waals surface area contributed by atoms with Crippen molar-refractivity contribution in [3.05, 3.63) is 28.5 Å². The maximum absolute atomic E-state index is 12.1. The molecule has 0 radical (unpaired) electrons. The van der Waals surface area contributed by atoms with Gasteiger partial charge in [0.15, 0.2) is 0 Å². The highest BCUT2D eigenvalue weighted by Gasteiger charge is 2.34. The average molecular weight is 299 g/mol. The fourth-order valence-electron chi connectivity index (χ4n) is 1.94. The summed E-state index contributed by atoms with van der Waals surface area (Å²) < 4.78 is 0.564. The molecule has 1 aliphatic rings. The Balaban J connectivity index is 2.23. The van der Waals surface area contributed by atoms with Crippen LogP contribution in [0.4, 0.5) is 0 Å². The van der Waals surface area contributed by atoms with E-state index in [4.69, 9.17) is 5.11 Å². The fraction of sp³-hybridized carbons (Fsp3) is 0.364. The Kier molecular flexibility index (Phi) is 3.42. The molecule has 6 heteroatoms. The molecule has 1 N–H and O–H groups in total. The van der Waals surface area contributed by atoms with Gasteiger partial charge in [0.1, 0.15) is 16.3 Å². The van der Waals surface area contributed by atoms with Gasteiger partial charge in [-0.25, -0.2) is 9.78 Å². The van der Waals surface area contributed by atoms with Crippen LogP contribution in [-0.2, 0) is 4.79 Å². The van der Waals surface area contributed by atoms with Gasteiger partial charge in [-0.2, -0.15) is 0 Å². The summed E-state index contributed by atoms with van der Waals surface area (Å²) >= 11 is 3.18. The van der Waals surface area contributed by atoms with Crippen molar-refractivity contribution in [2.24, 2.45) is 0 Å². The molecule has 90 valence electrons. The summed E-state index contributed by atoms with van der Waals surface area (Å²) in [5, 5.41) is 9.01. The molecule has 0 aliphatic carbocycles. The highest BCUT2D eigenvalue weighted by atomic mass is 79.9. The number of aromatic nitrogens is 1. The summed E-state index contributed by atoms with van der Waals surface area (Å²) in [6.07, 6.45) is 1.23. The first-order valence-corrected chi connectivity index (χ1v) is 6.05. The number of carboxylic acid groups (broad SMARTS) is 1. The van der Waals surface area contributed by atoms with E-state index in [1.54, 1.807) is 18.2 Å². The molecule has 17 heavy (non-hydrogen) atoms. The van der Waals surface area contributed by atoms with Gasteiger partial charge < -0.3 is 10.0 Å². The summed E-state index contributed by atoms with van der Waals surface area (Å²) in [5.41, 5.74) is 0.271. The summed E-state index contributed by atoms with van der Waals surface area (Å²) in [7, 11) is 0. The zero-order valence-electron chi connectivity index (χ0n) is 8.97. The third kappa shape index (κ3) is 2.46. The largest absolute Gasteiger partial charge is 0.480 e. The minimum Gasteiger partial charge on any atom is -0.480 e. The van der Waals surface area contributed by atoms with Gasteiger partial charge in [0, 0.05) is 6.54 Å². The van der Waals surface area contributed by atoms with E-state index in [0.29, 0.717) is 17.6 Å². The molecule has 1 amide bonds. The molecule has 0 bridgehead atoms. The summed E-state index contributed by atoms with van der Waals surface area (Å²) in [4.78, 5) is 28.5. The van der Waals surface area contributed by atoms with Crippen LogP contribution in [0.1, 0.15) is 23.3 Å². The summed E-state index contributed by atoms with van der Waals surface area (Å²) in [6, 6.07) is 4.29. The standard InChI is InChI=1S/C11H11BrN2O3/c12-9-5-1-3-7(13-9)10(15)14-6-2-4-8(14)11(16)17/h1,3,5,8H,2,4,6H2,(H,16,17). The van der Waals surface area contributed by atoms with Crippen molar-refractivity contribution in [1.29, 1.82) is 0 Å². The minimum absolute atomic E-state index is 0.271. The first kappa shape index (κ1) is 12.0. The molecule has 1 atom stereocenters. The van der Waals surface area contributed by atoms with E-state index < -0.39 is 12.0 Å². The second-order valence-corrected chi connectivity index (χ2v) is 4.65. The molecule has 1 aromatic rings. The number of pyridine rings is 1. The van der Waals surface area contributed by atoms with E-state index in [9.17, 15) is 9.59 Å². The van der Waals surface area contributed by atoms with Gasteiger partial charge in [-0.3, -0.25) is 4.79 Å². The summed E-state index contributed by atoms with van der Waals surface area (Å²) in [6.45, 7) is 0.476. The van der Waals surface area contributed by atoms with E-state index in [2.05, 4.69) is 20.9 Å². The number of nitrogens with zero attached hydrogens (tertiary/aromatic N) is 2. The molecule has 2 rings (SSSR count). The molecule has 2 heterocycles. The molecule has 1 aliphatic heterocycles.